The number of ether oxygens (including phenoxy) is 1. The molecule has 1 saturated heterocycles. The van der Waals surface area contributed by atoms with Gasteiger partial charge in [-0.3, -0.25) is 19.5 Å². The highest BCUT2D eigenvalue weighted by atomic mass is 16.5. The van der Waals surface area contributed by atoms with E-state index in [0.29, 0.717) is 18.7 Å². The van der Waals surface area contributed by atoms with Crippen LogP contribution in [0, 0.1) is 6.92 Å². The van der Waals surface area contributed by atoms with Gasteiger partial charge in [0, 0.05) is 31.5 Å². The predicted octanol–water partition coefficient (Wildman–Crippen LogP) is 1.07. The van der Waals surface area contributed by atoms with Crippen LogP contribution >= 0.6 is 0 Å². The molecule has 1 fully saturated rings. The maximum atomic E-state index is 12.3. The van der Waals surface area contributed by atoms with E-state index < -0.39 is 17.6 Å². The predicted molar refractivity (Wildman–Crippen MR) is 88.9 cm³/mol. The van der Waals surface area contributed by atoms with Crippen LogP contribution in [-0.4, -0.2) is 64.2 Å². The monoisotopic (exact) mass is 335 g/mol. The molecule has 0 aromatic carbocycles. The van der Waals surface area contributed by atoms with Crippen molar-refractivity contribution in [2.24, 2.45) is 0 Å². The second-order valence-corrected chi connectivity index (χ2v) is 6.92. The van der Waals surface area contributed by atoms with E-state index in [2.05, 4.69) is 10.3 Å². The lowest BCUT2D eigenvalue weighted by atomic mass is 10.0. The van der Waals surface area contributed by atoms with Crippen LogP contribution in [0.2, 0.25) is 0 Å². The number of carbonyl (C=O) groups is 2. The molecule has 0 radical (unpaired) electrons. The average molecular weight is 335 g/mol. The number of nitrogens with zero attached hydrogens (tertiary/aromatic N) is 2. The van der Waals surface area contributed by atoms with Crippen molar-refractivity contribution in [1.29, 1.82) is 0 Å². The zero-order valence-electron chi connectivity index (χ0n) is 14.6. The Balaban J connectivity index is 2.01. The Hall–Kier alpha value is -1.99. The molecule has 2 rings (SSSR count). The lowest BCUT2D eigenvalue weighted by Gasteiger charge is -2.42. The molecule has 2 unspecified atom stereocenters. The smallest absolute Gasteiger partial charge is 0.323 e. The number of amides is 1. The van der Waals surface area contributed by atoms with Gasteiger partial charge in [-0.2, -0.15) is 0 Å². The second kappa shape index (κ2) is 7.27. The average Bonchev–Trinajstić information content (AvgIpc) is 2.46. The number of carboxylic acid groups (broad SMARTS) is 1. The van der Waals surface area contributed by atoms with E-state index in [-0.39, 0.29) is 18.6 Å². The number of pyridine rings is 1. The highest BCUT2D eigenvalue weighted by molar-refractivity contribution is 5.95. The van der Waals surface area contributed by atoms with Gasteiger partial charge in [0.2, 0.25) is 0 Å². The van der Waals surface area contributed by atoms with Gasteiger partial charge < -0.3 is 15.2 Å². The minimum atomic E-state index is -0.910. The van der Waals surface area contributed by atoms with Crippen molar-refractivity contribution in [3.05, 3.63) is 29.6 Å². The molecule has 0 aliphatic carbocycles. The van der Waals surface area contributed by atoms with E-state index in [1.165, 1.54) is 6.20 Å². The molecule has 1 aromatic rings. The van der Waals surface area contributed by atoms with Gasteiger partial charge in [-0.1, -0.05) is 0 Å². The largest absolute Gasteiger partial charge is 0.480 e. The van der Waals surface area contributed by atoms with Crippen LogP contribution in [0.3, 0.4) is 0 Å². The van der Waals surface area contributed by atoms with Crippen molar-refractivity contribution >= 4 is 11.9 Å². The molecule has 1 aromatic heterocycles. The molecule has 24 heavy (non-hydrogen) atoms. The third-order valence-corrected chi connectivity index (χ3v) is 4.11. The number of aromatic nitrogens is 1. The van der Waals surface area contributed by atoms with Gasteiger partial charge in [-0.05, 0) is 39.3 Å². The van der Waals surface area contributed by atoms with Crippen LogP contribution in [0.5, 0.6) is 0 Å². The number of aliphatic carboxylic acids is 1. The fraction of sp³-hybridized carbons (Fsp3) is 0.588. The van der Waals surface area contributed by atoms with Crippen molar-refractivity contribution in [2.45, 2.75) is 45.4 Å². The lowest BCUT2D eigenvalue weighted by Crippen LogP contribution is -2.59. The van der Waals surface area contributed by atoms with Gasteiger partial charge >= 0.3 is 5.97 Å². The first kappa shape index (κ1) is 18.4. The lowest BCUT2D eigenvalue weighted by molar-refractivity contribution is -0.162. The molecule has 0 spiro atoms. The number of rotatable bonds is 5. The molecule has 2 N–H and O–H groups in total. The van der Waals surface area contributed by atoms with Gasteiger partial charge in [0.15, 0.2) is 0 Å². The highest BCUT2D eigenvalue weighted by Crippen LogP contribution is 2.21. The normalized spacial score (nSPS) is 21.9. The summed E-state index contributed by atoms with van der Waals surface area (Å²) in [6.45, 7) is 8.66. The number of morpholine rings is 1. The molecule has 1 aliphatic rings. The summed E-state index contributed by atoms with van der Waals surface area (Å²) < 4.78 is 5.60. The number of hydrogen-bond acceptors (Lipinski definition) is 5. The number of hydrogen-bond donors (Lipinski definition) is 2. The highest BCUT2D eigenvalue weighted by Gasteiger charge is 2.38. The third-order valence-electron chi connectivity index (χ3n) is 4.11. The van der Waals surface area contributed by atoms with Gasteiger partial charge in [-0.15, -0.1) is 0 Å². The van der Waals surface area contributed by atoms with Crippen LogP contribution in [-0.2, 0) is 9.53 Å². The Morgan fingerprint density at radius 3 is 2.88 bits per heavy atom. The van der Waals surface area contributed by atoms with Crippen molar-refractivity contribution < 1.29 is 19.4 Å². The number of nitrogens with one attached hydrogen (secondary N) is 1. The first-order chi connectivity index (χ1) is 11.2. The molecule has 7 heteroatoms. The number of aryl methyl sites for hydroxylation is 1. The third kappa shape index (κ3) is 4.52. The zero-order valence-corrected chi connectivity index (χ0v) is 14.6. The van der Waals surface area contributed by atoms with Crippen LogP contribution < -0.4 is 5.32 Å². The van der Waals surface area contributed by atoms with E-state index in [0.717, 1.165) is 5.56 Å². The Labute approximate surface area is 142 Å². The van der Waals surface area contributed by atoms with Crippen LogP contribution in [0.25, 0.3) is 0 Å². The van der Waals surface area contributed by atoms with Crippen LogP contribution in [0.4, 0.5) is 0 Å². The number of carboxylic acids is 1. The standard InChI is InChI=1S/C17H25N3O4/c1-11-5-6-18-7-13(11)15(21)19-12(2)8-20-10-17(3,4)24-9-14(20)16(22)23/h5-7,12,14H,8-10H2,1-4H3,(H,19,21)(H,22,23). The van der Waals surface area contributed by atoms with Crippen molar-refractivity contribution in [1.82, 2.24) is 15.2 Å². The summed E-state index contributed by atoms with van der Waals surface area (Å²) in [6.07, 6.45) is 3.18. The summed E-state index contributed by atoms with van der Waals surface area (Å²) in [5.41, 5.74) is 0.974. The van der Waals surface area contributed by atoms with E-state index in [1.807, 2.05) is 32.6 Å². The summed E-state index contributed by atoms with van der Waals surface area (Å²) >= 11 is 0. The SMILES string of the molecule is Cc1ccncc1C(=O)NC(C)CN1CC(C)(C)OCC1C(=O)O. The van der Waals surface area contributed by atoms with Crippen LogP contribution in [0.15, 0.2) is 18.5 Å². The summed E-state index contributed by atoms with van der Waals surface area (Å²) in [5, 5.41) is 12.3. The Bertz CT molecular complexity index is 618. The summed E-state index contributed by atoms with van der Waals surface area (Å²) in [6, 6.07) is 0.884. The minimum absolute atomic E-state index is 0.144. The fourth-order valence-corrected chi connectivity index (χ4v) is 2.87. The zero-order chi connectivity index (χ0) is 17.9. The molecular weight excluding hydrogens is 310 g/mol. The van der Waals surface area contributed by atoms with Crippen molar-refractivity contribution in [3.8, 4) is 0 Å². The first-order valence-corrected chi connectivity index (χ1v) is 8.02. The van der Waals surface area contributed by atoms with Gasteiger partial charge in [0.25, 0.3) is 5.91 Å². The topological polar surface area (TPSA) is 91.8 Å². The molecule has 0 saturated carbocycles. The molecule has 1 aliphatic heterocycles. The quantitative estimate of drug-likeness (QED) is 0.836. The van der Waals surface area contributed by atoms with Crippen molar-refractivity contribution in [3.63, 3.8) is 0 Å². The molecule has 1 amide bonds. The molecule has 2 atom stereocenters. The minimum Gasteiger partial charge on any atom is -0.480 e. The summed E-state index contributed by atoms with van der Waals surface area (Å²) in [5.74, 6) is -1.11. The van der Waals surface area contributed by atoms with Gasteiger partial charge in [0.1, 0.15) is 6.04 Å². The van der Waals surface area contributed by atoms with Gasteiger partial charge in [-0.25, -0.2) is 0 Å². The molecule has 7 nitrogen and oxygen atoms in total. The molecule has 2 heterocycles. The molecule has 0 bridgehead atoms. The van der Waals surface area contributed by atoms with Crippen molar-refractivity contribution in [2.75, 3.05) is 19.7 Å². The maximum absolute atomic E-state index is 12.3. The van der Waals surface area contributed by atoms with E-state index in [9.17, 15) is 14.7 Å². The maximum Gasteiger partial charge on any atom is 0.323 e. The van der Waals surface area contributed by atoms with Crippen LogP contribution in [0.1, 0.15) is 36.7 Å². The van der Waals surface area contributed by atoms with Gasteiger partial charge in [0.05, 0.1) is 17.8 Å². The molecule has 132 valence electrons. The summed E-state index contributed by atoms with van der Waals surface area (Å²) in [4.78, 5) is 29.6. The Morgan fingerprint density at radius 1 is 1.54 bits per heavy atom. The van der Waals surface area contributed by atoms with E-state index in [1.54, 1.807) is 12.3 Å². The summed E-state index contributed by atoms with van der Waals surface area (Å²) in [7, 11) is 0. The second-order valence-electron chi connectivity index (χ2n) is 6.92. The van der Waals surface area contributed by atoms with E-state index in [4.69, 9.17) is 4.74 Å². The first-order valence-electron chi connectivity index (χ1n) is 8.02. The number of carbonyl (C=O) groups excluding carboxylic acids is 1. The Morgan fingerprint density at radius 2 is 2.25 bits per heavy atom. The molecular formula is C17H25N3O4. The fourth-order valence-electron chi connectivity index (χ4n) is 2.87. The van der Waals surface area contributed by atoms with E-state index >= 15 is 0 Å². The Kier molecular flexibility index (Phi) is 5.56.